The van der Waals surface area contributed by atoms with Gasteiger partial charge in [0.15, 0.2) is 0 Å². The van der Waals surface area contributed by atoms with Gasteiger partial charge >= 0.3 is 14.4 Å². The van der Waals surface area contributed by atoms with Crippen molar-refractivity contribution in [1.29, 1.82) is 0 Å². The van der Waals surface area contributed by atoms with Crippen LogP contribution < -0.4 is 0 Å². The molecule has 112 valence electrons. The maximum absolute atomic E-state index is 12.8. The highest BCUT2D eigenvalue weighted by Gasteiger charge is 2.38. The van der Waals surface area contributed by atoms with Gasteiger partial charge in [-0.25, -0.2) is 8.57 Å². The molecule has 0 heterocycles. The van der Waals surface area contributed by atoms with Crippen molar-refractivity contribution in [3.63, 3.8) is 0 Å². The van der Waals surface area contributed by atoms with Crippen LogP contribution >= 0.6 is 8.25 Å². The van der Waals surface area contributed by atoms with E-state index in [0.717, 1.165) is 0 Å². The van der Waals surface area contributed by atoms with Gasteiger partial charge in [-0.2, -0.15) is 21.6 Å². The summed E-state index contributed by atoms with van der Waals surface area (Å²) in [5, 5.41) is 0. The zero-order chi connectivity index (χ0) is 15.6. The molecule has 1 atom stereocenters. The molecule has 1 aromatic rings. The monoisotopic (exact) mass is 337 g/mol. The summed E-state index contributed by atoms with van der Waals surface area (Å²) in [6.07, 6.45) is -5.13. The van der Waals surface area contributed by atoms with Gasteiger partial charge in [-0.05, 0) is 18.2 Å². The van der Waals surface area contributed by atoms with Gasteiger partial charge in [0.1, 0.15) is 10.7 Å². The van der Waals surface area contributed by atoms with Gasteiger partial charge in [-0.1, -0.05) is 4.52 Å². The van der Waals surface area contributed by atoms with Crippen molar-refractivity contribution in [2.75, 3.05) is 6.79 Å². The maximum atomic E-state index is 12.8. The summed E-state index contributed by atoms with van der Waals surface area (Å²) in [4.78, 5) is 6.89. The predicted molar refractivity (Wildman–Crippen MR) is 55.5 cm³/mol. The van der Waals surface area contributed by atoms with E-state index in [1.165, 1.54) is 0 Å². The van der Waals surface area contributed by atoms with E-state index in [9.17, 15) is 30.5 Å². The van der Waals surface area contributed by atoms with Crippen LogP contribution in [0, 0.1) is 5.82 Å². The molecule has 0 aliphatic rings. The number of halogens is 4. The number of hydrogen-bond donors (Lipinski definition) is 1. The van der Waals surface area contributed by atoms with Crippen molar-refractivity contribution in [1.82, 2.24) is 0 Å². The summed E-state index contributed by atoms with van der Waals surface area (Å²) in [6.45, 7) is -1.26. The van der Waals surface area contributed by atoms with Gasteiger partial charge in [0.05, 0.1) is 5.56 Å². The Hall–Kier alpha value is -1.13. The molecule has 0 aromatic heterocycles. The van der Waals surface area contributed by atoms with E-state index in [-0.39, 0.29) is 6.07 Å². The molecule has 0 saturated carbocycles. The number of alkyl halides is 3. The first kappa shape index (κ1) is 16.9. The molecule has 0 aliphatic carbocycles. The topological polar surface area (TPSA) is 89.9 Å². The fraction of sp³-hybridized carbons (Fsp3) is 0.250. The fourth-order valence-corrected chi connectivity index (χ4v) is 2.33. The van der Waals surface area contributed by atoms with Crippen molar-refractivity contribution >= 4 is 18.4 Å². The van der Waals surface area contributed by atoms with E-state index in [2.05, 4.69) is 8.71 Å². The summed E-state index contributed by atoms with van der Waals surface area (Å²) < 4.78 is 91.5. The lowest BCUT2D eigenvalue weighted by molar-refractivity contribution is -0.140. The minimum atomic E-state index is -5.13. The Morgan fingerprint density at radius 3 is 2.40 bits per heavy atom. The summed E-state index contributed by atoms with van der Waals surface area (Å²) in [6, 6.07) is 0.856. The van der Waals surface area contributed by atoms with E-state index in [4.69, 9.17) is 4.89 Å². The molecule has 0 fully saturated rings. The highest BCUT2D eigenvalue weighted by molar-refractivity contribution is 7.86. The van der Waals surface area contributed by atoms with Crippen LogP contribution in [0.15, 0.2) is 23.1 Å². The molecule has 12 heteroatoms. The molecule has 1 rings (SSSR count). The highest BCUT2D eigenvalue weighted by Crippen LogP contribution is 2.35. The zero-order valence-corrected chi connectivity index (χ0v) is 11.0. The molecule has 0 spiro atoms. The summed E-state index contributed by atoms with van der Waals surface area (Å²) >= 11 is 0. The van der Waals surface area contributed by atoms with Crippen LogP contribution in [0.4, 0.5) is 17.6 Å². The van der Waals surface area contributed by atoms with Gasteiger partial charge in [0.25, 0.3) is 10.1 Å². The van der Waals surface area contributed by atoms with E-state index in [1.807, 2.05) is 0 Å². The lowest BCUT2D eigenvalue weighted by Gasteiger charge is -2.12. The van der Waals surface area contributed by atoms with Crippen LogP contribution in [-0.4, -0.2) is 20.1 Å². The molecule has 0 bridgehead atoms. The Balaban J connectivity index is 3.15. The number of rotatable bonds is 5. The molecule has 0 radical (unpaired) electrons. The van der Waals surface area contributed by atoms with E-state index >= 15 is 0 Å². The lowest BCUT2D eigenvalue weighted by atomic mass is 10.2. The van der Waals surface area contributed by atoms with Crippen molar-refractivity contribution < 1.29 is 44.1 Å². The smallest absolute Gasteiger partial charge is 0.232 e. The molecule has 1 unspecified atom stereocenters. The average Bonchev–Trinajstić information content (AvgIpc) is 2.26. The molecule has 1 N–H and O–H groups in total. The molecule has 0 saturated heterocycles. The second kappa shape index (κ2) is 6.10. The van der Waals surface area contributed by atoms with Crippen LogP contribution in [0.2, 0.25) is 0 Å². The van der Waals surface area contributed by atoms with Gasteiger partial charge in [-0.3, -0.25) is 0 Å². The van der Waals surface area contributed by atoms with Crippen molar-refractivity contribution in [2.24, 2.45) is 0 Å². The third kappa shape index (κ3) is 4.46. The average molecular weight is 337 g/mol. The Labute approximate surface area is 111 Å². The first-order valence-corrected chi connectivity index (χ1v) is 7.13. The fourth-order valence-electron chi connectivity index (χ4n) is 1.14. The summed E-state index contributed by atoms with van der Waals surface area (Å²) in [5.74, 6) is -1.29. The second-order valence-corrected chi connectivity index (χ2v) is 5.51. The first-order valence-electron chi connectivity index (χ1n) is 4.59. The van der Waals surface area contributed by atoms with Crippen LogP contribution in [0.5, 0.6) is 0 Å². The van der Waals surface area contributed by atoms with E-state index in [0.29, 0.717) is 12.1 Å². The molecular formula is C8H6F4O6PS+. The SMILES string of the molecule is O=[P+](O)OCOS(=O)(=O)c1ccc(F)cc1C(F)(F)F. The van der Waals surface area contributed by atoms with E-state index < -0.39 is 47.6 Å². The van der Waals surface area contributed by atoms with Gasteiger partial charge in [0, 0.05) is 4.57 Å². The Kier molecular flexibility index (Phi) is 5.16. The quantitative estimate of drug-likeness (QED) is 0.383. The van der Waals surface area contributed by atoms with Crippen molar-refractivity contribution in [2.45, 2.75) is 11.1 Å². The molecule has 6 nitrogen and oxygen atoms in total. The van der Waals surface area contributed by atoms with Gasteiger partial charge in [-0.15, -0.1) is 4.89 Å². The first-order chi connectivity index (χ1) is 9.04. The van der Waals surface area contributed by atoms with Crippen molar-refractivity contribution in [3.05, 3.63) is 29.6 Å². The minimum Gasteiger partial charge on any atom is -0.232 e. The largest absolute Gasteiger partial charge is 0.697 e. The Bertz CT molecular complexity index is 614. The summed E-state index contributed by atoms with van der Waals surface area (Å²) in [5.41, 5.74) is -1.76. The van der Waals surface area contributed by atoms with E-state index in [1.54, 1.807) is 0 Å². The minimum absolute atomic E-state index is 0.0103. The normalized spacial score (nSPS) is 13.3. The molecule has 0 amide bonds. The molecule has 1 aromatic carbocycles. The molecular weight excluding hydrogens is 331 g/mol. The number of benzene rings is 1. The maximum Gasteiger partial charge on any atom is 0.697 e. The molecule has 0 aliphatic heterocycles. The second-order valence-electron chi connectivity index (χ2n) is 3.20. The van der Waals surface area contributed by atoms with Crippen molar-refractivity contribution in [3.8, 4) is 0 Å². The van der Waals surface area contributed by atoms with Crippen LogP contribution in [-0.2, 0) is 29.6 Å². The van der Waals surface area contributed by atoms with Gasteiger partial charge in [0.2, 0.25) is 6.79 Å². The Morgan fingerprint density at radius 1 is 1.30 bits per heavy atom. The third-order valence-electron chi connectivity index (χ3n) is 1.88. The highest BCUT2D eigenvalue weighted by atomic mass is 32.2. The third-order valence-corrected chi connectivity index (χ3v) is 3.51. The summed E-state index contributed by atoms with van der Waals surface area (Å²) in [7, 11) is -8.12. The number of hydrogen-bond acceptors (Lipinski definition) is 5. The zero-order valence-electron chi connectivity index (χ0n) is 9.29. The van der Waals surface area contributed by atoms with Gasteiger partial charge < -0.3 is 0 Å². The molecule has 20 heavy (non-hydrogen) atoms. The predicted octanol–water partition coefficient (Wildman–Crippen LogP) is 2.17. The Morgan fingerprint density at radius 2 is 1.90 bits per heavy atom. The van der Waals surface area contributed by atoms with Crippen LogP contribution in [0.1, 0.15) is 5.56 Å². The lowest BCUT2D eigenvalue weighted by Crippen LogP contribution is -2.16. The standard InChI is InChI=1S/C8H5F4O6PS/c9-5-1-2-7(6(3-5)8(10,11)12)20(15,16)18-4-17-19(13)14/h1-3H,4H2/p+1. The van der Waals surface area contributed by atoms with Crippen LogP contribution in [0.3, 0.4) is 0 Å². The van der Waals surface area contributed by atoms with Crippen LogP contribution in [0.25, 0.3) is 0 Å².